The van der Waals surface area contributed by atoms with Gasteiger partial charge in [0.2, 0.25) is 0 Å². The third-order valence-corrected chi connectivity index (χ3v) is 4.27. The summed E-state index contributed by atoms with van der Waals surface area (Å²) >= 11 is 9.58. The summed E-state index contributed by atoms with van der Waals surface area (Å²) in [6, 6.07) is 10.2. The van der Waals surface area contributed by atoms with E-state index in [-0.39, 0.29) is 11.9 Å². The average molecular weight is 372 g/mol. The van der Waals surface area contributed by atoms with Gasteiger partial charge in [-0.1, -0.05) is 39.7 Å². The Balaban J connectivity index is 1.68. The summed E-state index contributed by atoms with van der Waals surface area (Å²) in [7, 11) is 0. The molecule has 0 aromatic heterocycles. The Labute approximate surface area is 136 Å². The number of benzene rings is 2. The molecule has 1 heterocycles. The second kappa shape index (κ2) is 6.24. The molecular formula is C16H13BrClFO2. The zero-order valence-electron chi connectivity index (χ0n) is 11.1. The smallest absolute Gasteiger partial charge is 0.142 e. The fourth-order valence-electron chi connectivity index (χ4n) is 2.38. The molecule has 0 aliphatic carbocycles. The minimum atomic E-state index is -0.244. The first-order chi connectivity index (χ1) is 10.2. The number of rotatable bonds is 4. The number of hydrogen-bond donors (Lipinski definition) is 0. The molecule has 0 amide bonds. The Kier molecular flexibility index (Phi) is 4.36. The predicted molar refractivity (Wildman–Crippen MR) is 84.1 cm³/mol. The molecule has 2 aromatic carbocycles. The van der Waals surface area contributed by atoms with E-state index >= 15 is 0 Å². The largest absolute Gasteiger partial charge is 0.488 e. The van der Waals surface area contributed by atoms with E-state index in [0.717, 1.165) is 16.9 Å². The Morgan fingerprint density at radius 3 is 3.00 bits per heavy atom. The SMILES string of the molecule is Fc1ccc2c(c1)CC(COc1c(Cl)cccc1CBr)O2. The molecule has 0 bridgehead atoms. The van der Waals surface area contributed by atoms with Crippen molar-refractivity contribution in [2.24, 2.45) is 0 Å². The lowest BCUT2D eigenvalue weighted by atomic mass is 10.1. The van der Waals surface area contributed by atoms with Gasteiger partial charge >= 0.3 is 0 Å². The molecular weight excluding hydrogens is 359 g/mol. The van der Waals surface area contributed by atoms with Gasteiger partial charge in [0, 0.05) is 22.9 Å². The molecule has 110 valence electrons. The van der Waals surface area contributed by atoms with Crippen LogP contribution < -0.4 is 9.47 Å². The van der Waals surface area contributed by atoms with Crippen molar-refractivity contribution in [3.05, 3.63) is 58.4 Å². The Morgan fingerprint density at radius 1 is 1.33 bits per heavy atom. The van der Waals surface area contributed by atoms with E-state index in [1.54, 1.807) is 12.1 Å². The molecule has 21 heavy (non-hydrogen) atoms. The first-order valence-corrected chi connectivity index (χ1v) is 8.08. The Hall–Kier alpha value is -1.26. The van der Waals surface area contributed by atoms with Crippen molar-refractivity contribution in [1.82, 2.24) is 0 Å². The first-order valence-electron chi connectivity index (χ1n) is 6.58. The number of halogens is 3. The van der Waals surface area contributed by atoms with Gasteiger partial charge in [-0.25, -0.2) is 4.39 Å². The molecule has 1 atom stereocenters. The van der Waals surface area contributed by atoms with Crippen LogP contribution in [-0.4, -0.2) is 12.7 Å². The summed E-state index contributed by atoms with van der Waals surface area (Å²) in [6.07, 6.45) is 0.516. The molecule has 5 heteroatoms. The molecule has 3 rings (SSSR count). The van der Waals surface area contributed by atoms with E-state index in [0.29, 0.717) is 29.1 Å². The van der Waals surface area contributed by atoms with E-state index in [9.17, 15) is 4.39 Å². The van der Waals surface area contributed by atoms with Gasteiger partial charge in [-0.15, -0.1) is 0 Å². The van der Waals surface area contributed by atoms with Crippen LogP contribution in [0, 0.1) is 5.82 Å². The first kappa shape index (κ1) is 14.7. The van der Waals surface area contributed by atoms with Crippen molar-refractivity contribution >= 4 is 27.5 Å². The van der Waals surface area contributed by atoms with E-state index in [1.807, 2.05) is 12.1 Å². The lowest BCUT2D eigenvalue weighted by molar-refractivity contribution is 0.148. The van der Waals surface area contributed by atoms with Crippen LogP contribution in [0.2, 0.25) is 5.02 Å². The fourth-order valence-corrected chi connectivity index (χ4v) is 3.07. The normalized spacial score (nSPS) is 16.4. The Bertz CT molecular complexity index is 663. The van der Waals surface area contributed by atoms with Gasteiger partial charge in [-0.05, 0) is 24.3 Å². The molecule has 1 aliphatic rings. The highest BCUT2D eigenvalue weighted by Gasteiger charge is 2.24. The second-order valence-electron chi connectivity index (χ2n) is 4.87. The average Bonchev–Trinajstić information content (AvgIpc) is 2.87. The number of hydrogen-bond acceptors (Lipinski definition) is 2. The van der Waals surface area contributed by atoms with Gasteiger partial charge in [-0.3, -0.25) is 0 Å². The van der Waals surface area contributed by atoms with Gasteiger partial charge in [-0.2, -0.15) is 0 Å². The summed E-state index contributed by atoms with van der Waals surface area (Å²) in [6.45, 7) is 0.375. The van der Waals surface area contributed by atoms with E-state index in [4.69, 9.17) is 21.1 Å². The minimum absolute atomic E-state index is 0.124. The van der Waals surface area contributed by atoms with Crippen molar-refractivity contribution in [2.75, 3.05) is 6.61 Å². The summed E-state index contributed by atoms with van der Waals surface area (Å²) in [5.41, 5.74) is 1.87. The molecule has 1 aliphatic heterocycles. The van der Waals surface area contributed by atoms with E-state index in [2.05, 4.69) is 15.9 Å². The zero-order valence-corrected chi connectivity index (χ0v) is 13.5. The van der Waals surface area contributed by atoms with Crippen LogP contribution in [-0.2, 0) is 11.8 Å². The summed E-state index contributed by atoms with van der Waals surface area (Å²) in [4.78, 5) is 0. The van der Waals surface area contributed by atoms with Crippen molar-refractivity contribution in [3.8, 4) is 11.5 Å². The molecule has 0 saturated carbocycles. The van der Waals surface area contributed by atoms with Crippen molar-refractivity contribution in [1.29, 1.82) is 0 Å². The van der Waals surface area contributed by atoms with Crippen molar-refractivity contribution in [3.63, 3.8) is 0 Å². The van der Waals surface area contributed by atoms with Gasteiger partial charge < -0.3 is 9.47 Å². The highest BCUT2D eigenvalue weighted by molar-refractivity contribution is 9.08. The third-order valence-electron chi connectivity index (χ3n) is 3.37. The van der Waals surface area contributed by atoms with Crippen LogP contribution in [0.5, 0.6) is 11.5 Å². The molecule has 0 saturated heterocycles. The zero-order chi connectivity index (χ0) is 14.8. The molecule has 0 fully saturated rings. The highest BCUT2D eigenvalue weighted by Crippen LogP contribution is 2.33. The topological polar surface area (TPSA) is 18.5 Å². The molecule has 2 aromatic rings. The predicted octanol–water partition coefficient (Wildman–Crippen LogP) is 4.76. The lowest BCUT2D eigenvalue weighted by Crippen LogP contribution is -2.22. The second-order valence-corrected chi connectivity index (χ2v) is 5.84. The lowest BCUT2D eigenvalue weighted by Gasteiger charge is -2.15. The maximum absolute atomic E-state index is 13.2. The van der Waals surface area contributed by atoms with Crippen molar-refractivity contribution < 1.29 is 13.9 Å². The molecule has 2 nitrogen and oxygen atoms in total. The van der Waals surface area contributed by atoms with Crippen molar-refractivity contribution in [2.45, 2.75) is 17.9 Å². The molecule has 0 radical (unpaired) electrons. The van der Waals surface area contributed by atoms with Crippen LogP contribution in [0.4, 0.5) is 4.39 Å². The van der Waals surface area contributed by atoms with Crippen LogP contribution in [0.3, 0.4) is 0 Å². The number of ether oxygens (including phenoxy) is 2. The van der Waals surface area contributed by atoms with Crippen LogP contribution in [0.15, 0.2) is 36.4 Å². The number of para-hydroxylation sites is 1. The monoisotopic (exact) mass is 370 g/mol. The van der Waals surface area contributed by atoms with Gasteiger partial charge in [0.1, 0.15) is 30.0 Å². The summed E-state index contributed by atoms with van der Waals surface area (Å²) in [5.74, 6) is 1.15. The summed E-state index contributed by atoms with van der Waals surface area (Å²) in [5, 5.41) is 1.24. The van der Waals surface area contributed by atoms with Crippen LogP contribution >= 0.6 is 27.5 Å². The van der Waals surface area contributed by atoms with E-state index in [1.165, 1.54) is 12.1 Å². The van der Waals surface area contributed by atoms with Gasteiger partial charge in [0.15, 0.2) is 0 Å². The highest BCUT2D eigenvalue weighted by atomic mass is 79.9. The Morgan fingerprint density at radius 2 is 2.19 bits per heavy atom. The maximum Gasteiger partial charge on any atom is 0.142 e. The molecule has 1 unspecified atom stereocenters. The summed E-state index contributed by atoms with van der Waals surface area (Å²) < 4.78 is 24.8. The van der Waals surface area contributed by atoms with Gasteiger partial charge in [0.25, 0.3) is 0 Å². The molecule has 0 spiro atoms. The van der Waals surface area contributed by atoms with E-state index < -0.39 is 0 Å². The maximum atomic E-state index is 13.2. The minimum Gasteiger partial charge on any atom is -0.488 e. The van der Waals surface area contributed by atoms with Crippen LogP contribution in [0.25, 0.3) is 0 Å². The third kappa shape index (κ3) is 3.16. The number of alkyl halides is 1. The van der Waals surface area contributed by atoms with Gasteiger partial charge in [0.05, 0.1) is 5.02 Å². The standard InChI is InChI=1S/C16H13BrClFO2/c17-8-10-2-1-3-14(18)16(10)20-9-13-7-11-6-12(19)4-5-15(11)21-13/h1-6,13H,7-9H2. The number of fused-ring (bicyclic) bond motifs is 1. The fraction of sp³-hybridized carbons (Fsp3) is 0.250. The molecule has 0 N–H and O–H groups in total. The van der Waals surface area contributed by atoms with Crippen LogP contribution in [0.1, 0.15) is 11.1 Å². The quantitative estimate of drug-likeness (QED) is 0.722.